The molecule has 71 heavy (non-hydrogen) atoms. The van der Waals surface area contributed by atoms with Crippen LogP contribution in [0.4, 0.5) is 5.69 Å². The number of carbonyl (C=O) groups excluding carboxylic acids is 6. The number of amides is 5. The van der Waals surface area contributed by atoms with Gasteiger partial charge in [-0.15, -0.1) is 0 Å². The number of nitrogens with one attached hydrogen (secondary N) is 4. The first-order valence-electron chi connectivity index (χ1n) is 23.9. The van der Waals surface area contributed by atoms with Crippen molar-refractivity contribution >= 4 is 69.8 Å². The molecule has 384 valence electrons. The number of benzene rings is 3. The lowest BCUT2D eigenvalue weighted by Gasteiger charge is -2.26. The van der Waals surface area contributed by atoms with Gasteiger partial charge < -0.3 is 55.0 Å². The quantitative estimate of drug-likeness (QED) is 0.0244. The van der Waals surface area contributed by atoms with Crippen LogP contribution >= 0.6 is 22.6 Å². The molecule has 1 aliphatic rings. The predicted octanol–water partition coefficient (Wildman–Crippen LogP) is 4.21. The second kappa shape index (κ2) is 33.6. The van der Waals surface area contributed by atoms with Crippen molar-refractivity contribution in [3.63, 3.8) is 0 Å². The van der Waals surface area contributed by atoms with E-state index in [1.807, 2.05) is 72.8 Å². The highest BCUT2D eigenvalue weighted by Crippen LogP contribution is 2.26. The molecule has 18 nitrogen and oxygen atoms in total. The van der Waals surface area contributed by atoms with Gasteiger partial charge in [-0.3, -0.25) is 28.8 Å². The molecule has 2 unspecified atom stereocenters. The maximum atomic E-state index is 13.4. The molecule has 4 rings (SSSR count). The summed E-state index contributed by atoms with van der Waals surface area (Å²) in [5, 5.41) is 20.0. The van der Waals surface area contributed by atoms with Crippen LogP contribution in [-0.2, 0) is 70.2 Å². The number of carbonyl (C=O) groups is 7. The van der Waals surface area contributed by atoms with Gasteiger partial charge in [0.25, 0.3) is 0 Å². The van der Waals surface area contributed by atoms with E-state index in [0.717, 1.165) is 32.4 Å². The monoisotopic (exact) mass is 1100 g/mol. The van der Waals surface area contributed by atoms with Crippen molar-refractivity contribution < 1.29 is 62.4 Å². The average Bonchev–Trinajstić information content (AvgIpc) is 3.36. The smallest absolute Gasteiger partial charge is 0.328 e. The molecule has 0 saturated carbocycles. The highest BCUT2D eigenvalue weighted by atomic mass is 127. The van der Waals surface area contributed by atoms with Gasteiger partial charge in [0.2, 0.25) is 29.5 Å². The summed E-state index contributed by atoms with van der Waals surface area (Å²) >= 11 is 2.25. The molecule has 19 heteroatoms. The molecule has 0 aromatic heterocycles. The minimum absolute atomic E-state index is 0.0157. The third-order valence-electron chi connectivity index (χ3n) is 11.0. The second-order valence-electron chi connectivity index (χ2n) is 16.4. The lowest BCUT2D eigenvalue weighted by Crippen LogP contribution is -2.52. The lowest BCUT2D eigenvalue weighted by atomic mass is 10.0. The van der Waals surface area contributed by atoms with Gasteiger partial charge >= 0.3 is 11.9 Å². The number of carboxylic acids is 1. The molecule has 1 aliphatic heterocycles. The van der Waals surface area contributed by atoms with Crippen LogP contribution in [0.25, 0.3) is 0 Å². The number of para-hydroxylation sites is 1. The molecular weight excluding hydrogens is 1030 g/mol. The summed E-state index contributed by atoms with van der Waals surface area (Å²) in [6, 6.07) is 21.1. The maximum Gasteiger partial charge on any atom is 0.328 e. The van der Waals surface area contributed by atoms with Gasteiger partial charge in [0, 0.05) is 59.9 Å². The Balaban J connectivity index is 0.992. The fraction of sp³-hybridized carbons (Fsp3) is 0.481. The van der Waals surface area contributed by atoms with E-state index in [0.29, 0.717) is 65.2 Å². The number of rotatable bonds is 34. The van der Waals surface area contributed by atoms with Crippen LogP contribution in [0.1, 0.15) is 86.5 Å². The molecule has 3 aromatic rings. The molecular formula is C52H66IN5O13. The number of anilines is 1. The van der Waals surface area contributed by atoms with E-state index in [1.165, 1.54) is 12.7 Å². The zero-order chi connectivity index (χ0) is 51.1. The molecule has 5 N–H and O–H groups in total. The Kier molecular flexibility index (Phi) is 27.3. The van der Waals surface area contributed by atoms with E-state index in [-0.39, 0.29) is 82.8 Å². The summed E-state index contributed by atoms with van der Waals surface area (Å²) in [5.41, 5.74) is 4.46. The number of aryl methyl sites for hydroxylation is 1. The molecule has 1 heterocycles. The summed E-state index contributed by atoms with van der Waals surface area (Å²) in [6.45, 7) is 2.97. The van der Waals surface area contributed by atoms with E-state index in [9.17, 15) is 38.7 Å². The van der Waals surface area contributed by atoms with Crippen molar-refractivity contribution in [1.82, 2.24) is 21.3 Å². The van der Waals surface area contributed by atoms with Crippen LogP contribution in [0.2, 0.25) is 0 Å². The number of carboxylic acid groups (broad SMARTS) is 1. The van der Waals surface area contributed by atoms with Crippen molar-refractivity contribution in [2.24, 2.45) is 0 Å². The topological polar surface area (TPSA) is 237 Å². The molecule has 0 fully saturated rings. The molecule has 3 aromatic carbocycles. The Bertz CT molecular complexity index is 2250. The van der Waals surface area contributed by atoms with Gasteiger partial charge in [0.05, 0.1) is 72.2 Å². The SMILES string of the molecule is COC(=O)C(CCCCNC(=O)CCCc1ccc(I)cc1)NC(=O)C(CCC(=O)O)NC(=O)CCOCCOCCOCCOCCNC(=O)CCC(=O)N1Cc2ccccc2C#Cc2ccccc21. The number of fused-ring (bicyclic) bond motifs is 2. The highest BCUT2D eigenvalue weighted by molar-refractivity contribution is 14.1. The molecule has 5 amide bonds. The van der Waals surface area contributed by atoms with E-state index in [2.05, 4.69) is 55.7 Å². The zero-order valence-corrected chi connectivity index (χ0v) is 42.5. The Morgan fingerprint density at radius 3 is 1.94 bits per heavy atom. The highest BCUT2D eigenvalue weighted by Gasteiger charge is 2.28. The molecule has 0 bridgehead atoms. The van der Waals surface area contributed by atoms with E-state index < -0.39 is 42.3 Å². The second-order valence-corrected chi connectivity index (χ2v) is 17.7. The summed E-state index contributed by atoms with van der Waals surface area (Å²) in [6.07, 6.45) is 2.50. The number of halogens is 1. The first kappa shape index (κ1) is 57.7. The first-order valence-corrected chi connectivity index (χ1v) is 25.0. The number of hydrogen-bond donors (Lipinski definition) is 5. The maximum absolute atomic E-state index is 13.4. The largest absolute Gasteiger partial charge is 0.481 e. The van der Waals surface area contributed by atoms with Crippen LogP contribution in [0.3, 0.4) is 0 Å². The van der Waals surface area contributed by atoms with Crippen LogP contribution in [0, 0.1) is 15.4 Å². The number of methoxy groups -OCH3 is 1. The van der Waals surface area contributed by atoms with Crippen LogP contribution in [-0.4, -0.2) is 132 Å². The summed E-state index contributed by atoms with van der Waals surface area (Å²) in [5.74, 6) is 2.78. The van der Waals surface area contributed by atoms with Crippen molar-refractivity contribution in [3.05, 3.63) is 98.6 Å². The van der Waals surface area contributed by atoms with Crippen molar-refractivity contribution in [2.45, 2.75) is 89.3 Å². The summed E-state index contributed by atoms with van der Waals surface area (Å²) in [7, 11) is 1.19. The number of aliphatic carboxylic acids is 1. The molecule has 0 aliphatic carbocycles. The minimum Gasteiger partial charge on any atom is -0.481 e. The molecule has 2 atom stereocenters. The van der Waals surface area contributed by atoms with Gasteiger partial charge in [-0.25, -0.2) is 4.79 Å². The standard InChI is InChI=1S/C52H66IN5O13/c1-67-52(66)44(13-6-7-27-54-46(59)15-8-9-38-16-20-42(53)21-17-38)57-51(65)43(22-25-50(63)64)56-48(61)26-29-68-31-33-70-35-36-71-34-32-69-30-28-55-47(60)23-24-49(62)58-37-41-12-3-2-10-39(41)18-19-40-11-4-5-14-45(40)58/h2-5,10-12,14,16-17,20-21,43-44H,6-9,13,15,22-37H2,1H3,(H,54,59)(H,55,60)(H,56,61)(H,57,65)(H,63,64). The van der Waals surface area contributed by atoms with Gasteiger partial charge in [-0.1, -0.05) is 54.3 Å². The van der Waals surface area contributed by atoms with Crippen LogP contribution in [0.5, 0.6) is 0 Å². The minimum atomic E-state index is -1.22. The first-order chi connectivity index (χ1) is 34.4. The Morgan fingerprint density at radius 1 is 0.620 bits per heavy atom. The predicted molar refractivity (Wildman–Crippen MR) is 272 cm³/mol. The fourth-order valence-electron chi connectivity index (χ4n) is 7.20. The van der Waals surface area contributed by atoms with Crippen molar-refractivity contribution in [3.8, 4) is 11.8 Å². The zero-order valence-electron chi connectivity index (χ0n) is 40.3. The third kappa shape index (κ3) is 23.2. The summed E-state index contributed by atoms with van der Waals surface area (Å²) in [4.78, 5) is 89.6. The third-order valence-corrected chi connectivity index (χ3v) is 11.7. The van der Waals surface area contributed by atoms with Gasteiger partial charge in [0.1, 0.15) is 12.1 Å². The Hall–Kier alpha value is -5.92. The van der Waals surface area contributed by atoms with Crippen LogP contribution in [0.15, 0.2) is 72.8 Å². The van der Waals surface area contributed by atoms with Gasteiger partial charge in [-0.2, -0.15) is 0 Å². The van der Waals surface area contributed by atoms with E-state index >= 15 is 0 Å². The average molecular weight is 1100 g/mol. The van der Waals surface area contributed by atoms with Gasteiger partial charge in [0.15, 0.2) is 0 Å². The lowest BCUT2D eigenvalue weighted by molar-refractivity contribution is -0.146. The number of ether oxygens (including phenoxy) is 5. The van der Waals surface area contributed by atoms with Crippen LogP contribution < -0.4 is 26.2 Å². The molecule has 0 saturated heterocycles. The number of unbranched alkanes of at least 4 members (excludes halogenated alkanes) is 1. The van der Waals surface area contributed by atoms with E-state index in [1.54, 1.807) is 4.90 Å². The molecule has 0 spiro atoms. The number of hydrogen-bond acceptors (Lipinski definition) is 12. The number of nitrogens with zero attached hydrogens (tertiary/aromatic N) is 1. The van der Waals surface area contributed by atoms with Crippen molar-refractivity contribution in [1.29, 1.82) is 0 Å². The summed E-state index contributed by atoms with van der Waals surface area (Å²) < 4.78 is 28.0. The Labute approximate surface area is 429 Å². The van der Waals surface area contributed by atoms with E-state index in [4.69, 9.17) is 23.7 Å². The number of esters is 1. The normalized spacial score (nSPS) is 12.3. The molecule has 0 radical (unpaired) electrons. The Morgan fingerprint density at radius 2 is 1.24 bits per heavy atom. The fourth-order valence-corrected chi connectivity index (χ4v) is 7.56. The van der Waals surface area contributed by atoms with Gasteiger partial charge in [-0.05, 0) is 103 Å². The van der Waals surface area contributed by atoms with Crippen molar-refractivity contribution in [2.75, 3.05) is 78.0 Å².